The minimum atomic E-state index is -0.910. The summed E-state index contributed by atoms with van der Waals surface area (Å²) in [5, 5.41) is -1.30. The summed E-state index contributed by atoms with van der Waals surface area (Å²) in [4.78, 5) is 39.9. The number of carbonyl (C=O) groups excluding carboxylic acids is 3. The van der Waals surface area contributed by atoms with Crippen LogP contribution in [0.3, 0.4) is 0 Å². The van der Waals surface area contributed by atoms with Crippen LogP contribution in [0.15, 0.2) is 53.0 Å². The lowest BCUT2D eigenvalue weighted by Crippen LogP contribution is -2.44. The Balaban J connectivity index is 1.95. The normalized spacial score (nSPS) is 17.1. The summed E-state index contributed by atoms with van der Waals surface area (Å²) in [5.74, 6) is -0.719. The van der Waals surface area contributed by atoms with Crippen LogP contribution in [0.4, 0.5) is 16.2 Å². The summed E-state index contributed by atoms with van der Waals surface area (Å²) >= 11 is 4.19. The third-order valence-corrected chi connectivity index (χ3v) is 5.35. The van der Waals surface area contributed by atoms with Gasteiger partial charge in [0.25, 0.3) is 11.1 Å². The lowest BCUT2D eigenvalue weighted by Gasteiger charge is -2.25. The van der Waals surface area contributed by atoms with Crippen molar-refractivity contribution >= 4 is 56.1 Å². The molecule has 1 saturated heterocycles. The first-order chi connectivity index (χ1) is 11.9. The Labute approximate surface area is 158 Å². The minimum Gasteiger partial charge on any atom is -0.290 e. The molecule has 0 aliphatic carbocycles. The zero-order valence-corrected chi connectivity index (χ0v) is 16.0. The Kier molecular flexibility index (Phi) is 4.96. The number of hydrogen-bond donors (Lipinski definition) is 0. The number of thioether (sulfide) groups is 1. The van der Waals surface area contributed by atoms with Crippen molar-refractivity contribution in [1.82, 2.24) is 0 Å². The van der Waals surface area contributed by atoms with Crippen LogP contribution in [-0.2, 0) is 9.59 Å². The molecule has 3 rings (SSSR count). The molecule has 0 saturated carbocycles. The molecule has 25 heavy (non-hydrogen) atoms. The van der Waals surface area contributed by atoms with Gasteiger partial charge in [-0.1, -0.05) is 33.6 Å². The van der Waals surface area contributed by atoms with E-state index in [0.29, 0.717) is 11.4 Å². The van der Waals surface area contributed by atoms with Gasteiger partial charge in [0.2, 0.25) is 5.91 Å². The number of aryl methyl sites for hydroxylation is 1. The number of anilines is 2. The molecule has 7 heteroatoms. The fourth-order valence-corrected chi connectivity index (χ4v) is 3.91. The first-order valence-corrected chi connectivity index (χ1v) is 9.22. The summed E-state index contributed by atoms with van der Waals surface area (Å²) in [6.07, 6.45) is 0. The molecule has 1 aliphatic rings. The van der Waals surface area contributed by atoms with Crippen LogP contribution in [0.1, 0.15) is 12.5 Å². The molecule has 3 amide bonds. The average Bonchev–Trinajstić information content (AvgIpc) is 2.85. The number of halogens is 1. The topological polar surface area (TPSA) is 57.7 Å². The highest BCUT2D eigenvalue weighted by atomic mass is 79.9. The van der Waals surface area contributed by atoms with Crippen LogP contribution in [0.25, 0.3) is 0 Å². The van der Waals surface area contributed by atoms with Crippen molar-refractivity contribution in [3.8, 4) is 0 Å². The predicted octanol–water partition coefficient (Wildman–Crippen LogP) is 4.34. The second kappa shape index (κ2) is 7.01. The van der Waals surface area contributed by atoms with Gasteiger partial charge in [-0.05, 0) is 55.1 Å². The number of carbonyl (C=O) groups is 3. The van der Waals surface area contributed by atoms with E-state index in [1.807, 2.05) is 19.1 Å². The zero-order valence-electron chi connectivity index (χ0n) is 13.6. The lowest BCUT2D eigenvalue weighted by molar-refractivity contribution is -0.121. The summed E-state index contributed by atoms with van der Waals surface area (Å²) < 4.78 is 0.863. The Morgan fingerprint density at radius 2 is 1.68 bits per heavy atom. The molecule has 1 heterocycles. The van der Waals surface area contributed by atoms with Crippen molar-refractivity contribution in [3.05, 3.63) is 58.6 Å². The molecule has 0 N–H and O–H groups in total. The third-order valence-electron chi connectivity index (χ3n) is 3.80. The van der Waals surface area contributed by atoms with E-state index in [1.54, 1.807) is 36.4 Å². The van der Waals surface area contributed by atoms with E-state index in [0.717, 1.165) is 26.7 Å². The Bertz CT molecular complexity index is 836. The van der Waals surface area contributed by atoms with E-state index in [4.69, 9.17) is 0 Å². The van der Waals surface area contributed by atoms with E-state index in [1.165, 1.54) is 11.8 Å². The van der Waals surface area contributed by atoms with Crippen molar-refractivity contribution in [3.63, 3.8) is 0 Å². The largest absolute Gasteiger partial charge is 0.295 e. The molecule has 0 aromatic heterocycles. The molecule has 0 radical (unpaired) electrons. The van der Waals surface area contributed by atoms with Crippen molar-refractivity contribution in [1.29, 1.82) is 0 Å². The molecule has 0 spiro atoms. The van der Waals surface area contributed by atoms with Crippen LogP contribution in [-0.4, -0.2) is 22.4 Å². The van der Waals surface area contributed by atoms with E-state index in [-0.39, 0.29) is 11.1 Å². The molecular formula is C18H15BrN2O3S. The van der Waals surface area contributed by atoms with E-state index >= 15 is 0 Å². The van der Waals surface area contributed by atoms with Gasteiger partial charge in [-0.15, -0.1) is 0 Å². The van der Waals surface area contributed by atoms with Gasteiger partial charge in [-0.3, -0.25) is 19.3 Å². The molecule has 1 aliphatic heterocycles. The zero-order chi connectivity index (χ0) is 18.1. The van der Waals surface area contributed by atoms with E-state index in [9.17, 15) is 14.4 Å². The third kappa shape index (κ3) is 3.48. The van der Waals surface area contributed by atoms with Crippen LogP contribution < -0.4 is 9.80 Å². The van der Waals surface area contributed by atoms with Crippen LogP contribution in [0, 0.1) is 6.92 Å². The highest BCUT2D eigenvalue weighted by molar-refractivity contribution is 9.10. The predicted molar refractivity (Wildman–Crippen MR) is 103 cm³/mol. The molecule has 5 nitrogen and oxygen atoms in total. The smallest absolute Gasteiger partial charge is 0.290 e. The first kappa shape index (κ1) is 17.7. The maximum absolute atomic E-state index is 12.9. The SMILES string of the molecule is CC(=O)N(c1ccc(Br)cc1)[C@@H]1SC(=O)N(c2ccc(C)cc2)C1=O. The second-order valence-electron chi connectivity index (χ2n) is 5.61. The number of amides is 3. The van der Waals surface area contributed by atoms with Gasteiger partial charge < -0.3 is 0 Å². The average molecular weight is 419 g/mol. The van der Waals surface area contributed by atoms with Gasteiger partial charge in [0.1, 0.15) is 0 Å². The Morgan fingerprint density at radius 1 is 1.08 bits per heavy atom. The van der Waals surface area contributed by atoms with E-state index < -0.39 is 11.3 Å². The summed E-state index contributed by atoms with van der Waals surface area (Å²) in [6, 6.07) is 14.2. The van der Waals surface area contributed by atoms with Crippen molar-refractivity contribution in [2.45, 2.75) is 19.2 Å². The fraction of sp³-hybridized carbons (Fsp3) is 0.167. The summed E-state index contributed by atoms with van der Waals surface area (Å²) in [7, 11) is 0. The summed E-state index contributed by atoms with van der Waals surface area (Å²) in [6.45, 7) is 3.31. The molecule has 0 bridgehead atoms. The molecule has 1 atom stereocenters. The fourth-order valence-electron chi connectivity index (χ4n) is 2.57. The first-order valence-electron chi connectivity index (χ1n) is 7.55. The molecule has 2 aromatic carbocycles. The second-order valence-corrected chi connectivity index (χ2v) is 7.56. The van der Waals surface area contributed by atoms with Crippen molar-refractivity contribution in [2.24, 2.45) is 0 Å². The molecule has 0 unspecified atom stereocenters. The quantitative estimate of drug-likeness (QED) is 0.743. The maximum Gasteiger partial charge on any atom is 0.295 e. The number of hydrogen-bond acceptors (Lipinski definition) is 4. The van der Waals surface area contributed by atoms with Gasteiger partial charge in [0.05, 0.1) is 5.69 Å². The maximum atomic E-state index is 12.9. The van der Waals surface area contributed by atoms with Crippen molar-refractivity contribution < 1.29 is 14.4 Å². The molecule has 2 aromatic rings. The monoisotopic (exact) mass is 418 g/mol. The number of imide groups is 1. The van der Waals surface area contributed by atoms with Gasteiger partial charge >= 0.3 is 0 Å². The van der Waals surface area contributed by atoms with Gasteiger partial charge in [0.15, 0.2) is 5.37 Å². The molecule has 1 fully saturated rings. The van der Waals surface area contributed by atoms with E-state index in [2.05, 4.69) is 15.9 Å². The minimum absolute atomic E-state index is 0.299. The Morgan fingerprint density at radius 3 is 2.24 bits per heavy atom. The number of benzene rings is 2. The van der Waals surface area contributed by atoms with Gasteiger partial charge in [0, 0.05) is 17.1 Å². The van der Waals surface area contributed by atoms with Crippen LogP contribution in [0.5, 0.6) is 0 Å². The van der Waals surface area contributed by atoms with Crippen LogP contribution in [0.2, 0.25) is 0 Å². The van der Waals surface area contributed by atoms with Gasteiger partial charge in [-0.2, -0.15) is 0 Å². The molecule has 128 valence electrons. The Hall–Kier alpha value is -2.12. The standard InChI is InChI=1S/C18H15BrN2O3S/c1-11-3-7-15(8-4-11)21-16(23)17(25-18(21)24)20(12(2)22)14-9-5-13(19)6-10-14/h3-10,17H,1-2H3/t17-/m1/s1. The number of nitrogens with zero attached hydrogens (tertiary/aromatic N) is 2. The summed E-state index contributed by atoms with van der Waals surface area (Å²) in [5.41, 5.74) is 2.11. The number of rotatable bonds is 3. The molecular weight excluding hydrogens is 404 g/mol. The highest BCUT2D eigenvalue weighted by Crippen LogP contribution is 2.36. The van der Waals surface area contributed by atoms with Gasteiger partial charge in [-0.25, -0.2) is 4.90 Å². The van der Waals surface area contributed by atoms with Crippen molar-refractivity contribution in [2.75, 3.05) is 9.80 Å². The lowest BCUT2D eigenvalue weighted by atomic mass is 10.2. The van der Waals surface area contributed by atoms with Crippen LogP contribution >= 0.6 is 27.7 Å². The highest BCUT2D eigenvalue weighted by Gasteiger charge is 2.45.